The zero-order valence-electron chi connectivity index (χ0n) is 12.4. The molecule has 1 fully saturated rings. The average Bonchev–Trinajstić information content (AvgIpc) is 3.15. The molecule has 3 heteroatoms. The van der Waals surface area contributed by atoms with Gasteiger partial charge in [-0.05, 0) is 84.3 Å². The van der Waals surface area contributed by atoms with Gasteiger partial charge in [0.15, 0.2) is 0 Å². The van der Waals surface area contributed by atoms with Crippen molar-refractivity contribution in [3.8, 4) is 11.1 Å². The predicted octanol–water partition coefficient (Wildman–Crippen LogP) is 6.40. The molecule has 1 atom stereocenters. The maximum absolute atomic E-state index is 6.41. The summed E-state index contributed by atoms with van der Waals surface area (Å²) in [5.74, 6) is 0. The molecule has 1 spiro atoms. The third-order valence-electron chi connectivity index (χ3n) is 5.14. The van der Waals surface area contributed by atoms with Gasteiger partial charge >= 0.3 is 0 Å². The van der Waals surface area contributed by atoms with Crippen LogP contribution in [0.25, 0.3) is 21.9 Å². The Morgan fingerprint density at radius 1 is 0.913 bits per heavy atom. The molecule has 0 aromatic heterocycles. The monoisotopic (exact) mass is 428 g/mol. The van der Waals surface area contributed by atoms with Crippen LogP contribution in [0.15, 0.2) is 57.5 Å². The second-order valence-electron chi connectivity index (χ2n) is 6.30. The summed E-state index contributed by atoms with van der Waals surface area (Å²) in [4.78, 5) is 0. The van der Waals surface area contributed by atoms with E-state index in [2.05, 4.69) is 80.4 Å². The fraction of sp³-hybridized carbons (Fsp3) is 0.200. The number of hydrogen-bond acceptors (Lipinski definition) is 1. The quantitative estimate of drug-likeness (QED) is 0.401. The Labute approximate surface area is 151 Å². The van der Waals surface area contributed by atoms with E-state index in [-0.39, 0.29) is 5.60 Å². The molecule has 23 heavy (non-hydrogen) atoms. The summed E-state index contributed by atoms with van der Waals surface area (Å²) in [7, 11) is 0. The van der Waals surface area contributed by atoms with Crippen LogP contribution in [0.1, 0.15) is 24.0 Å². The molecule has 3 aromatic rings. The van der Waals surface area contributed by atoms with E-state index in [4.69, 9.17) is 4.74 Å². The topological polar surface area (TPSA) is 9.23 Å². The maximum Gasteiger partial charge on any atom is 0.120 e. The van der Waals surface area contributed by atoms with Gasteiger partial charge in [0.2, 0.25) is 0 Å². The maximum atomic E-state index is 6.41. The molecular weight excluding hydrogens is 416 g/mol. The Morgan fingerprint density at radius 2 is 1.74 bits per heavy atom. The minimum Gasteiger partial charge on any atom is -0.365 e. The van der Waals surface area contributed by atoms with E-state index < -0.39 is 0 Å². The van der Waals surface area contributed by atoms with Gasteiger partial charge in [0, 0.05) is 21.1 Å². The molecule has 5 rings (SSSR count). The number of rotatable bonds is 0. The van der Waals surface area contributed by atoms with Crippen LogP contribution in [0, 0.1) is 0 Å². The van der Waals surface area contributed by atoms with Gasteiger partial charge < -0.3 is 4.74 Å². The normalized spacial score (nSPS) is 21.8. The minimum atomic E-state index is -0.265. The first kappa shape index (κ1) is 14.2. The van der Waals surface area contributed by atoms with E-state index in [0.717, 1.165) is 28.4 Å². The van der Waals surface area contributed by atoms with E-state index in [0.29, 0.717) is 0 Å². The highest BCUT2D eigenvalue weighted by atomic mass is 79.9. The van der Waals surface area contributed by atoms with E-state index in [1.165, 1.54) is 33.0 Å². The Balaban J connectivity index is 1.95. The lowest BCUT2D eigenvalue weighted by Crippen LogP contribution is -2.23. The van der Waals surface area contributed by atoms with Crippen molar-refractivity contribution in [1.29, 1.82) is 0 Å². The van der Waals surface area contributed by atoms with Crippen molar-refractivity contribution in [2.45, 2.75) is 18.4 Å². The SMILES string of the molecule is Brc1cc2ccc3c(c2cc1Br)[C@@]1(CCCO1)c1ccccc1-3. The van der Waals surface area contributed by atoms with Gasteiger partial charge in [0.1, 0.15) is 5.60 Å². The molecule has 0 N–H and O–H groups in total. The molecule has 0 radical (unpaired) electrons. The molecule has 1 aliphatic carbocycles. The van der Waals surface area contributed by atoms with Gasteiger partial charge in [-0.1, -0.05) is 36.4 Å². The third-order valence-corrected chi connectivity index (χ3v) is 6.98. The summed E-state index contributed by atoms with van der Waals surface area (Å²) in [6.45, 7) is 0.835. The van der Waals surface area contributed by atoms with Gasteiger partial charge in [-0.2, -0.15) is 0 Å². The number of hydrogen-bond donors (Lipinski definition) is 0. The van der Waals surface area contributed by atoms with Crippen LogP contribution in [0.4, 0.5) is 0 Å². The van der Waals surface area contributed by atoms with Crippen molar-refractivity contribution >= 4 is 42.6 Å². The minimum absolute atomic E-state index is 0.265. The molecule has 0 amide bonds. The van der Waals surface area contributed by atoms with Crippen molar-refractivity contribution < 1.29 is 4.74 Å². The second kappa shape index (κ2) is 4.92. The van der Waals surface area contributed by atoms with E-state index in [9.17, 15) is 0 Å². The summed E-state index contributed by atoms with van der Waals surface area (Å²) < 4.78 is 8.58. The van der Waals surface area contributed by atoms with Crippen molar-refractivity contribution in [2.24, 2.45) is 0 Å². The lowest BCUT2D eigenvalue weighted by molar-refractivity contribution is 0.0409. The second-order valence-corrected chi connectivity index (χ2v) is 8.01. The summed E-state index contributed by atoms with van der Waals surface area (Å²) >= 11 is 7.29. The summed E-state index contributed by atoms with van der Waals surface area (Å²) in [5, 5.41) is 2.54. The first-order chi connectivity index (χ1) is 11.2. The van der Waals surface area contributed by atoms with Gasteiger partial charge in [0.05, 0.1) is 0 Å². The average molecular weight is 430 g/mol. The zero-order valence-corrected chi connectivity index (χ0v) is 15.6. The molecule has 1 aliphatic heterocycles. The van der Waals surface area contributed by atoms with Crippen LogP contribution in [-0.2, 0) is 10.3 Å². The van der Waals surface area contributed by atoms with Gasteiger partial charge in [-0.3, -0.25) is 0 Å². The molecule has 3 aromatic carbocycles. The molecule has 1 saturated heterocycles. The van der Waals surface area contributed by atoms with Crippen LogP contribution in [-0.4, -0.2) is 6.61 Å². The van der Waals surface area contributed by atoms with Crippen molar-refractivity contribution in [1.82, 2.24) is 0 Å². The molecule has 0 bridgehead atoms. The van der Waals surface area contributed by atoms with Crippen LogP contribution in [0.3, 0.4) is 0 Å². The Hall–Kier alpha value is -1.16. The van der Waals surface area contributed by atoms with E-state index in [1.807, 2.05) is 0 Å². The van der Waals surface area contributed by atoms with Crippen LogP contribution >= 0.6 is 31.9 Å². The lowest BCUT2D eigenvalue weighted by atomic mass is 9.86. The highest BCUT2D eigenvalue weighted by molar-refractivity contribution is 9.13. The fourth-order valence-electron chi connectivity index (χ4n) is 4.23. The largest absolute Gasteiger partial charge is 0.365 e. The Kier molecular flexibility index (Phi) is 3.04. The Morgan fingerprint density at radius 3 is 2.57 bits per heavy atom. The molecule has 1 heterocycles. The van der Waals surface area contributed by atoms with Crippen LogP contribution in [0.2, 0.25) is 0 Å². The molecule has 114 valence electrons. The van der Waals surface area contributed by atoms with E-state index >= 15 is 0 Å². The first-order valence-electron chi connectivity index (χ1n) is 7.87. The standard InChI is InChI=1S/C20H14Br2O/c21-17-10-12-6-7-14-13-4-1-2-5-16(13)20(8-3-9-23-20)19(14)15(12)11-18(17)22/h1-2,4-7,10-11H,3,8-9H2/t20-/m1/s1. The molecule has 0 saturated carbocycles. The van der Waals surface area contributed by atoms with Crippen molar-refractivity contribution in [3.63, 3.8) is 0 Å². The highest BCUT2D eigenvalue weighted by Gasteiger charge is 2.47. The van der Waals surface area contributed by atoms with Crippen LogP contribution < -0.4 is 0 Å². The summed E-state index contributed by atoms with van der Waals surface area (Å²) in [6, 6.07) is 17.6. The van der Waals surface area contributed by atoms with E-state index in [1.54, 1.807) is 0 Å². The van der Waals surface area contributed by atoms with Crippen molar-refractivity contribution in [2.75, 3.05) is 6.61 Å². The van der Waals surface area contributed by atoms with Crippen molar-refractivity contribution in [3.05, 3.63) is 68.6 Å². The molecular formula is C20H14Br2O. The lowest BCUT2D eigenvalue weighted by Gasteiger charge is -2.27. The fourth-order valence-corrected chi connectivity index (χ4v) is 4.94. The number of fused-ring (bicyclic) bond motifs is 7. The predicted molar refractivity (Wildman–Crippen MR) is 101 cm³/mol. The Bertz CT molecular complexity index is 955. The van der Waals surface area contributed by atoms with Gasteiger partial charge in [0.25, 0.3) is 0 Å². The molecule has 1 nitrogen and oxygen atoms in total. The zero-order chi connectivity index (χ0) is 15.6. The summed E-state index contributed by atoms with van der Waals surface area (Å²) in [6.07, 6.45) is 2.17. The highest BCUT2D eigenvalue weighted by Crippen LogP contribution is 2.56. The third kappa shape index (κ3) is 1.81. The van der Waals surface area contributed by atoms with Gasteiger partial charge in [-0.25, -0.2) is 0 Å². The van der Waals surface area contributed by atoms with Crippen LogP contribution in [0.5, 0.6) is 0 Å². The number of ether oxygens (including phenoxy) is 1. The summed E-state index contributed by atoms with van der Waals surface area (Å²) in [5.41, 5.74) is 5.06. The molecule has 2 aliphatic rings. The smallest absolute Gasteiger partial charge is 0.120 e. The number of benzene rings is 3. The molecule has 0 unspecified atom stereocenters. The van der Waals surface area contributed by atoms with Gasteiger partial charge in [-0.15, -0.1) is 0 Å². The number of halogens is 2. The first-order valence-corrected chi connectivity index (χ1v) is 9.45.